The summed E-state index contributed by atoms with van der Waals surface area (Å²) in [5.74, 6) is 13.3. The fourth-order valence-electron chi connectivity index (χ4n) is 26.5. The summed E-state index contributed by atoms with van der Waals surface area (Å²) in [6.45, 7) is 64.2. The van der Waals surface area contributed by atoms with Gasteiger partial charge in [-0.15, -0.1) is 0 Å². The van der Waals surface area contributed by atoms with Gasteiger partial charge in [0.2, 0.25) is 0 Å². The predicted octanol–water partition coefficient (Wildman–Crippen LogP) is 19.2. The molecular weight excluding hydrogens is 1270 g/mol. The van der Waals surface area contributed by atoms with Gasteiger partial charge in [0.15, 0.2) is 102 Å². The second kappa shape index (κ2) is 23.3. The summed E-state index contributed by atoms with van der Waals surface area (Å²) in [6.07, 6.45) is 22.5. The molecule has 12 saturated carbocycles. The Morgan fingerprint density at radius 1 is 0.221 bits per heavy atom. The van der Waals surface area contributed by atoms with Gasteiger partial charge in [-0.05, 0) is 405 Å². The summed E-state index contributed by atoms with van der Waals surface area (Å²) >= 11 is 0. The van der Waals surface area contributed by atoms with Crippen molar-refractivity contribution >= 4 is 111 Å². The second-order valence-corrected chi connectivity index (χ2v) is 89.8. The SMILES string of the molecule is C[SiH](C)O[Si](C)(C)C1CC2C3CC(C2C1)C([Si](C)(C)O[Si](O[Si](C)(C)C1CC2CC1C1CC([Si](C)(C)O[SiH](C)C)CC21)(O[Si](C)(C)C1CC2CC1C1CC([Si](C)(C)O[SiH](C)C)CC21)O[Si](C)(C)C1CC2CC1C1CC([Si](C)(C)O[Si](C)(C)C)CC21)C3. The van der Waals surface area contributed by atoms with Crippen LogP contribution in [-0.2, 0) is 32.9 Å². The van der Waals surface area contributed by atoms with Gasteiger partial charge in [-0.1, -0.05) is 0 Å². The average Bonchev–Trinajstić information content (AvgIpc) is 1.53. The van der Waals surface area contributed by atoms with Gasteiger partial charge in [0, 0.05) is 0 Å². The van der Waals surface area contributed by atoms with E-state index in [0.29, 0.717) is 22.2 Å². The van der Waals surface area contributed by atoms with E-state index in [1.54, 1.807) is 0 Å². The summed E-state index contributed by atoms with van der Waals surface area (Å²) in [5.41, 5.74) is 5.72. The monoisotopic (exact) mass is 1410 g/mol. The highest BCUT2D eigenvalue weighted by molar-refractivity contribution is 6.93. The van der Waals surface area contributed by atoms with Gasteiger partial charge >= 0.3 is 9.05 Å². The van der Waals surface area contributed by atoms with Gasteiger partial charge in [-0.2, -0.15) is 0 Å². The van der Waals surface area contributed by atoms with Gasteiger partial charge in [0.1, 0.15) is 0 Å². The molecule has 12 fully saturated rings. The first-order valence-corrected chi connectivity index (χ1v) is 74.3. The average molecular weight is 1410 g/mol. The van der Waals surface area contributed by atoms with E-state index in [1.807, 2.05) is 0 Å². The van der Waals surface area contributed by atoms with Crippen molar-refractivity contribution in [3.8, 4) is 0 Å². The van der Waals surface area contributed by atoms with Crippen molar-refractivity contribution < 1.29 is 32.9 Å². The minimum atomic E-state index is -3.89. The Morgan fingerprint density at radius 3 is 0.640 bits per heavy atom. The Kier molecular flexibility index (Phi) is 18.6. The molecule has 0 radical (unpaired) electrons. The van der Waals surface area contributed by atoms with Gasteiger partial charge in [0.25, 0.3) is 0 Å². The van der Waals surface area contributed by atoms with E-state index in [1.165, 1.54) is 103 Å². The first-order valence-electron chi connectivity index (χ1n) is 37.0. The van der Waals surface area contributed by atoms with Gasteiger partial charge < -0.3 is 32.9 Å². The lowest BCUT2D eigenvalue weighted by Crippen LogP contribution is -2.69. The second-order valence-electron chi connectivity index (χ2n) is 39.4. The minimum Gasteiger partial charge on any atom is -0.458 e. The Balaban J connectivity index is 0.899. The van der Waals surface area contributed by atoms with Crippen LogP contribution >= 0.6 is 0 Å². The van der Waals surface area contributed by atoms with Crippen molar-refractivity contribution in [3.05, 3.63) is 0 Å². The number of hydrogen-bond acceptors (Lipinski definition) is 8. The summed E-state index contributed by atoms with van der Waals surface area (Å²) in [5, 5.41) is 0. The normalized spacial score (nSPS) is 43.7. The molecule has 86 heavy (non-hydrogen) atoms. The van der Waals surface area contributed by atoms with Crippen LogP contribution in [0.15, 0.2) is 0 Å². The van der Waals surface area contributed by atoms with Crippen LogP contribution in [0.2, 0.25) is 208 Å². The third-order valence-electron chi connectivity index (χ3n) is 29.1. The van der Waals surface area contributed by atoms with E-state index < -0.39 is 111 Å². The third kappa shape index (κ3) is 12.7. The number of hydrogen-bond donors (Lipinski definition) is 0. The third-order valence-corrected chi connectivity index (χ3v) is 78.6. The molecule has 0 aromatic rings. The van der Waals surface area contributed by atoms with E-state index in [9.17, 15) is 0 Å². The molecule has 0 spiro atoms. The molecule has 0 aliphatic heterocycles. The van der Waals surface area contributed by atoms with Crippen LogP contribution in [0, 0.1) is 94.7 Å². The molecule has 0 amide bonds. The molecule has 12 aliphatic carbocycles. The van der Waals surface area contributed by atoms with Gasteiger partial charge in [-0.3, -0.25) is 0 Å². The maximum atomic E-state index is 8.84. The summed E-state index contributed by atoms with van der Waals surface area (Å²) in [4.78, 5) is 0. The zero-order valence-electron chi connectivity index (χ0n) is 60.2. The van der Waals surface area contributed by atoms with Gasteiger partial charge in [0.05, 0.1) is 0 Å². The molecule has 12 rings (SSSR count). The van der Waals surface area contributed by atoms with Crippen molar-refractivity contribution in [3.63, 3.8) is 0 Å². The standard InChI is InChI=1S/C65H134O8Si13/c1-74(2)66-78(10,11)46-34-50-42-26-58(54(50)38-46)62(30-42)82(18,19)70-86(71-83(20,21)63-31-43-27-59(63)55-39-47(35-51(43)55)79(12,13)67-75(3)4,72-84(22,23)64-32-44-28-60(64)56-40-48(36-52(44)56)80(14,15)68-76(5)6)73-85(24,25)65-33-45-29-61(65)57-41-49(37-53(45)57)81(16,17)69-77(7,8)9/h42-65,74-76H,26-41H2,1-25H3. The van der Waals surface area contributed by atoms with Crippen molar-refractivity contribution in [1.82, 2.24) is 0 Å². The lowest BCUT2D eigenvalue weighted by Gasteiger charge is -2.53. The topological polar surface area (TPSA) is 73.8 Å². The fourth-order valence-corrected chi connectivity index (χ4v) is 82.2. The Morgan fingerprint density at radius 2 is 0.430 bits per heavy atom. The van der Waals surface area contributed by atoms with Crippen LogP contribution in [0.1, 0.15) is 103 Å². The van der Waals surface area contributed by atoms with E-state index in [2.05, 4.69) is 164 Å². The van der Waals surface area contributed by atoms with E-state index in [4.69, 9.17) is 32.9 Å². The summed E-state index contributed by atoms with van der Waals surface area (Å²) in [6, 6.07) is 0. The van der Waals surface area contributed by atoms with Crippen molar-refractivity contribution in [2.45, 2.75) is 311 Å². The van der Waals surface area contributed by atoms with Crippen LogP contribution in [-0.4, -0.2) is 111 Å². The highest BCUT2D eigenvalue weighted by Crippen LogP contribution is 2.73. The summed E-state index contributed by atoms with van der Waals surface area (Å²) in [7, 11) is -26.2. The Hall–Kier alpha value is 2.50. The molecule has 8 nitrogen and oxygen atoms in total. The highest BCUT2D eigenvalue weighted by Gasteiger charge is 2.72. The lowest BCUT2D eigenvalue weighted by atomic mass is 9.81. The summed E-state index contributed by atoms with van der Waals surface area (Å²) < 4.78 is 63.7. The highest BCUT2D eigenvalue weighted by atomic mass is 28.5. The smallest absolute Gasteiger partial charge is 0.458 e. The fraction of sp³-hybridized carbons (Fsp3) is 1.00. The lowest BCUT2D eigenvalue weighted by molar-refractivity contribution is 0.123. The molecule has 0 heterocycles. The van der Waals surface area contributed by atoms with Crippen LogP contribution in [0.25, 0.3) is 0 Å². The number of fused-ring (bicyclic) bond motifs is 20. The minimum absolute atomic E-state index is 0.629. The van der Waals surface area contributed by atoms with Crippen molar-refractivity contribution in [2.24, 2.45) is 94.7 Å². The van der Waals surface area contributed by atoms with Crippen molar-refractivity contribution in [2.75, 3.05) is 0 Å². The maximum Gasteiger partial charge on any atom is 0.637 e. The molecule has 24 atom stereocenters. The Bertz CT molecular complexity index is 2280. The van der Waals surface area contributed by atoms with Gasteiger partial charge in [-0.25, -0.2) is 0 Å². The molecule has 494 valence electrons. The van der Waals surface area contributed by atoms with Crippen LogP contribution < -0.4 is 0 Å². The Labute approximate surface area is 545 Å². The van der Waals surface area contributed by atoms with E-state index in [0.717, 1.165) is 117 Å². The molecular formula is C65H134O8Si13. The molecule has 21 heteroatoms. The largest absolute Gasteiger partial charge is 0.637 e. The van der Waals surface area contributed by atoms with Crippen molar-refractivity contribution in [1.29, 1.82) is 0 Å². The molecule has 0 saturated heterocycles. The molecule has 8 bridgehead atoms. The first kappa shape index (κ1) is 68.4. The molecule has 0 aromatic carbocycles. The molecule has 12 aliphatic rings. The number of rotatable bonds is 24. The zero-order valence-corrected chi connectivity index (χ0v) is 73.6. The quantitative estimate of drug-likeness (QED) is 0.0885. The molecule has 0 N–H and O–H groups in total. The molecule has 0 aromatic heterocycles. The van der Waals surface area contributed by atoms with Crippen LogP contribution in [0.5, 0.6) is 0 Å². The van der Waals surface area contributed by atoms with Crippen LogP contribution in [0.3, 0.4) is 0 Å². The van der Waals surface area contributed by atoms with Crippen LogP contribution in [0.4, 0.5) is 0 Å². The zero-order chi connectivity index (χ0) is 62.6. The van der Waals surface area contributed by atoms with E-state index in [-0.39, 0.29) is 0 Å². The van der Waals surface area contributed by atoms with E-state index >= 15 is 0 Å². The predicted molar refractivity (Wildman–Crippen MR) is 394 cm³/mol. The first-order chi connectivity index (χ1) is 39.5. The molecule has 24 unspecified atom stereocenters. The maximum absolute atomic E-state index is 8.84.